The van der Waals surface area contributed by atoms with Crippen molar-refractivity contribution in [2.75, 3.05) is 34.5 Å². The highest BCUT2D eigenvalue weighted by Crippen LogP contribution is 2.29. The van der Waals surface area contributed by atoms with Crippen molar-refractivity contribution < 1.29 is 28.5 Å². The summed E-state index contributed by atoms with van der Waals surface area (Å²) in [5.41, 5.74) is 1.56. The zero-order chi connectivity index (χ0) is 20.4. The first kappa shape index (κ1) is 21.4. The lowest BCUT2D eigenvalue weighted by molar-refractivity contribution is 0.0600. The molecule has 0 aromatic heterocycles. The van der Waals surface area contributed by atoms with Gasteiger partial charge in [0, 0.05) is 0 Å². The summed E-state index contributed by atoms with van der Waals surface area (Å²) in [5.74, 6) is 2.23. The maximum absolute atomic E-state index is 11.6. The third-order valence-corrected chi connectivity index (χ3v) is 4.21. The van der Waals surface area contributed by atoms with E-state index in [0.29, 0.717) is 30.3 Å². The molecular formula is C22H28O6. The van der Waals surface area contributed by atoms with Crippen molar-refractivity contribution in [2.24, 2.45) is 0 Å². The SMILES string of the molecule is COC(=O)c1ccc(OCCCCCOc2ccc(C)cc2OC)c(OC)c1. The zero-order valence-corrected chi connectivity index (χ0v) is 16.9. The van der Waals surface area contributed by atoms with Crippen molar-refractivity contribution in [1.82, 2.24) is 0 Å². The molecule has 0 heterocycles. The molecule has 0 fully saturated rings. The highest BCUT2D eigenvalue weighted by molar-refractivity contribution is 5.90. The van der Waals surface area contributed by atoms with Gasteiger partial charge in [0.2, 0.25) is 0 Å². The first-order valence-corrected chi connectivity index (χ1v) is 9.25. The maximum atomic E-state index is 11.6. The van der Waals surface area contributed by atoms with Gasteiger partial charge in [0.25, 0.3) is 0 Å². The van der Waals surface area contributed by atoms with Crippen molar-refractivity contribution in [3.05, 3.63) is 47.5 Å². The fourth-order valence-corrected chi connectivity index (χ4v) is 2.67. The van der Waals surface area contributed by atoms with Crippen molar-refractivity contribution in [1.29, 1.82) is 0 Å². The Labute approximate surface area is 166 Å². The predicted molar refractivity (Wildman–Crippen MR) is 107 cm³/mol. The van der Waals surface area contributed by atoms with E-state index in [1.54, 1.807) is 32.4 Å². The number of methoxy groups -OCH3 is 3. The smallest absolute Gasteiger partial charge is 0.337 e. The Morgan fingerprint density at radius 3 is 1.89 bits per heavy atom. The summed E-state index contributed by atoms with van der Waals surface area (Å²) >= 11 is 0. The second-order valence-corrected chi connectivity index (χ2v) is 6.27. The highest BCUT2D eigenvalue weighted by atomic mass is 16.5. The normalized spacial score (nSPS) is 10.3. The average Bonchev–Trinajstić information content (AvgIpc) is 2.73. The van der Waals surface area contributed by atoms with E-state index in [9.17, 15) is 4.79 Å². The lowest BCUT2D eigenvalue weighted by atomic mass is 10.2. The van der Waals surface area contributed by atoms with Gasteiger partial charge in [-0.05, 0) is 62.1 Å². The molecule has 0 spiro atoms. The summed E-state index contributed by atoms with van der Waals surface area (Å²) in [6.45, 7) is 3.20. The summed E-state index contributed by atoms with van der Waals surface area (Å²) in [6.07, 6.45) is 2.77. The van der Waals surface area contributed by atoms with Gasteiger partial charge < -0.3 is 23.7 Å². The average molecular weight is 388 g/mol. The first-order chi connectivity index (χ1) is 13.6. The molecular weight excluding hydrogens is 360 g/mol. The Balaban J connectivity index is 1.71. The molecule has 0 aliphatic carbocycles. The number of benzene rings is 2. The summed E-state index contributed by atoms with van der Waals surface area (Å²) in [6, 6.07) is 10.9. The molecule has 0 atom stereocenters. The van der Waals surface area contributed by atoms with Crippen molar-refractivity contribution >= 4 is 5.97 Å². The summed E-state index contributed by atoms with van der Waals surface area (Å²) in [7, 11) is 4.53. The van der Waals surface area contributed by atoms with Crippen LogP contribution in [0.15, 0.2) is 36.4 Å². The molecule has 0 bridgehead atoms. The number of unbranched alkanes of at least 4 members (excludes halogenated alkanes) is 2. The molecule has 0 saturated carbocycles. The van der Waals surface area contributed by atoms with Crippen LogP contribution in [0, 0.1) is 6.92 Å². The van der Waals surface area contributed by atoms with Gasteiger partial charge in [-0.3, -0.25) is 0 Å². The van der Waals surface area contributed by atoms with Gasteiger partial charge in [0.1, 0.15) is 0 Å². The van der Waals surface area contributed by atoms with E-state index < -0.39 is 5.97 Å². The summed E-state index contributed by atoms with van der Waals surface area (Å²) < 4.78 is 26.9. The van der Waals surface area contributed by atoms with E-state index in [-0.39, 0.29) is 0 Å². The third-order valence-electron chi connectivity index (χ3n) is 4.21. The number of hydrogen-bond acceptors (Lipinski definition) is 6. The van der Waals surface area contributed by atoms with Crippen LogP contribution in [0.3, 0.4) is 0 Å². The summed E-state index contributed by atoms with van der Waals surface area (Å²) in [5, 5.41) is 0. The Morgan fingerprint density at radius 1 is 0.750 bits per heavy atom. The van der Waals surface area contributed by atoms with Gasteiger partial charge in [-0.25, -0.2) is 4.79 Å². The minimum Gasteiger partial charge on any atom is -0.493 e. The lowest BCUT2D eigenvalue weighted by Crippen LogP contribution is -2.04. The number of ether oxygens (including phenoxy) is 5. The predicted octanol–water partition coefficient (Wildman–Crippen LogP) is 4.43. The fourth-order valence-electron chi connectivity index (χ4n) is 2.67. The topological polar surface area (TPSA) is 63.2 Å². The number of carbonyl (C=O) groups excluding carboxylic acids is 1. The largest absolute Gasteiger partial charge is 0.493 e. The number of aryl methyl sites for hydroxylation is 1. The van der Waals surface area contributed by atoms with Gasteiger partial charge in [-0.15, -0.1) is 0 Å². The number of rotatable bonds is 11. The van der Waals surface area contributed by atoms with Crippen LogP contribution < -0.4 is 18.9 Å². The monoisotopic (exact) mass is 388 g/mol. The molecule has 0 aliphatic rings. The second-order valence-electron chi connectivity index (χ2n) is 6.27. The molecule has 2 rings (SSSR count). The second kappa shape index (κ2) is 11.1. The minimum absolute atomic E-state index is 0.407. The van der Waals surface area contributed by atoms with Gasteiger partial charge in [-0.2, -0.15) is 0 Å². The first-order valence-electron chi connectivity index (χ1n) is 9.25. The van der Waals surface area contributed by atoms with E-state index in [1.165, 1.54) is 7.11 Å². The molecule has 2 aromatic carbocycles. The molecule has 6 heteroatoms. The maximum Gasteiger partial charge on any atom is 0.337 e. The fraction of sp³-hybridized carbons (Fsp3) is 0.409. The molecule has 0 unspecified atom stereocenters. The van der Waals surface area contributed by atoms with E-state index in [1.807, 2.05) is 25.1 Å². The quantitative estimate of drug-likeness (QED) is 0.419. The van der Waals surface area contributed by atoms with Crippen LogP contribution in [-0.4, -0.2) is 40.5 Å². The zero-order valence-electron chi connectivity index (χ0n) is 16.9. The van der Waals surface area contributed by atoms with Gasteiger partial charge in [0.05, 0.1) is 40.1 Å². The number of esters is 1. The molecule has 0 radical (unpaired) electrons. The van der Waals surface area contributed by atoms with E-state index in [2.05, 4.69) is 0 Å². The Kier molecular flexibility index (Phi) is 8.46. The van der Waals surface area contributed by atoms with Gasteiger partial charge in [0.15, 0.2) is 23.0 Å². The van der Waals surface area contributed by atoms with Crippen molar-refractivity contribution in [3.8, 4) is 23.0 Å². The van der Waals surface area contributed by atoms with Crippen LogP contribution in [0.2, 0.25) is 0 Å². The lowest BCUT2D eigenvalue weighted by Gasteiger charge is -2.12. The van der Waals surface area contributed by atoms with Crippen LogP contribution in [0.4, 0.5) is 0 Å². The van der Waals surface area contributed by atoms with Crippen LogP contribution in [0.1, 0.15) is 35.2 Å². The Hall–Kier alpha value is -2.89. The van der Waals surface area contributed by atoms with E-state index in [4.69, 9.17) is 23.7 Å². The molecule has 0 amide bonds. The van der Waals surface area contributed by atoms with Gasteiger partial charge in [-0.1, -0.05) is 6.07 Å². The van der Waals surface area contributed by atoms with Crippen LogP contribution >= 0.6 is 0 Å². The van der Waals surface area contributed by atoms with Crippen LogP contribution in [0.25, 0.3) is 0 Å². The van der Waals surface area contributed by atoms with Crippen molar-refractivity contribution in [2.45, 2.75) is 26.2 Å². The molecule has 152 valence electrons. The number of carbonyl (C=O) groups is 1. The van der Waals surface area contributed by atoms with Crippen molar-refractivity contribution in [3.63, 3.8) is 0 Å². The van der Waals surface area contributed by atoms with Gasteiger partial charge >= 0.3 is 5.97 Å². The highest BCUT2D eigenvalue weighted by Gasteiger charge is 2.11. The molecule has 6 nitrogen and oxygen atoms in total. The van der Waals surface area contributed by atoms with Crippen LogP contribution in [-0.2, 0) is 4.74 Å². The number of hydrogen-bond donors (Lipinski definition) is 0. The Bertz CT molecular complexity index is 772. The minimum atomic E-state index is -0.407. The van der Waals surface area contributed by atoms with E-state index in [0.717, 1.165) is 36.3 Å². The van der Waals surface area contributed by atoms with Crippen LogP contribution in [0.5, 0.6) is 23.0 Å². The molecule has 0 saturated heterocycles. The standard InChI is InChI=1S/C22H28O6/c1-16-8-10-18(20(14-16)24-2)27-12-6-5-7-13-28-19-11-9-17(22(23)26-4)15-21(19)25-3/h8-11,14-15H,5-7,12-13H2,1-4H3. The molecule has 28 heavy (non-hydrogen) atoms. The third kappa shape index (κ3) is 6.08. The Morgan fingerprint density at radius 2 is 1.32 bits per heavy atom. The molecule has 0 aliphatic heterocycles. The summed E-state index contributed by atoms with van der Waals surface area (Å²) in [4.78, 5) is 11.6. The van der Waals surface area contributed by atoms with E-state index >= 15 is 0 Å². The molecule has 0 N–H and O–H groups in total. The molecule has 2 aromatic rings.